The van der Waals surface area contributed by atoms with E-state index in [1.165, 1.54) is 32.1 Å². The summed E-state index contributed by atoms with van der Waals surface area (Å²) in [4.78, 5) is 12.4. The number of carbonyl (C=O) groups excluding carboxylic acids is 1. The fourth-order valence-electron chi connectivity index (χ4n) is 3.88. The minimum Gasteiger partial charge on any atom is -0.492 e. The molecule has 3 aromatic rings. The summed E-state index contributed by atoms with van der Waals surface area (Å²) >= 11 is 1.10. The number of amidine groups is 1. The van der Waals surface area contributed by atoms with E-state index in [1.807, 2.05) is 30.3 Å². The van der Waals surface area contributed by atoms with Crippen molar-refractivity contribution in [3.05, 3.63) is 65.7 Å². The van der Waals surface area contributed by atoms with E-state index in [0.29, 0.717) is 22.0 Å². The molecule has 0 aliphatic heterocycles. The smallest absolute Gasteiger partial charge is 0.255 e. The van der Waals surface area contributed by atoms with Crippen molar-refractivity contribution in [3.63, 3.8) is 0 Å². The van der Waals surface area contributed by atoms with Gasteiger partial charge in [-0.2, -0.15) is 4.37 Å². The quantitative estimate of drug-likeness (QED) is 0.247. The second-order valence-electron chi connectivity index (χ2n) is 7.99. The molecule has 1 aliphatic rings. The van der Waals surface area contributed by atoms with E-state index in [-0.39, 0.29) is 17.6 Å². The van der Waals surface area contributed by atoms with Gasteiger partial charge < -0.3 is 21.1 Å². The molecule has 1 aliphatic carbocycles. The molecule has 2 aromatic carbocycles. The van der Waals surface area contributed by atoms with Gasteiger partial charge in [-0.05, 0) is 66.7 Å². The zero-order chi connectivity index (χ0) is 22.3. The van der Waals surface area contributed by atoms with Crippen molar-refractivity contribution in [2.24, 2.45) is 5.92 Å². The molecule has 1 fully saturated rings. The van der Waals surface area contributed by atoms with Crippen LogP contribution in [0.3, 0.4) is 0 Å². The Morgan fingerprint density at radius 3 is 2.47 bits per heavy atom. The first-order valence-electron chi connectivity index (χ1n) is 10.8. The maximum absolute atomic E-state index is 12.4. The number of carbonyl (C=O) groups is 1. The van der Waals surface area contributed by atoms with Crippen LogP contribution >= 0.6 is 11.5 Å². The van der Waals surface area contributed by atoms with E-state index in [4.69, 9.17) is 5.41 Å². The number of nitrogens with zero attached hydrogens (tertiary/aromatic N) is 1. The molecule has 1 saturated carbocycles. The SMILES string of the molecule is N=C(NCC1CCCCC1)c1c(O)nsc1Nc1ccc(C(=O)Nc2ccccc2)cc1. The van der Waals surface area contributed by atoms with E-state index < -0.39 is 0 Å². The van der Waals surface area contributed by atoms with E-state index in [2.05, 4.69) is 20.3 Å². The molecule has 0 radical (unpaired) electrons. The summed E-state index contributed by atoms with van der Waals surface area (Å²) in [5, 5.41) is 28.4. The van der Waals surface area contributed by atoms with Gasteiger partial charge >= 0.3 is 0 Å². The Bertz CT molecular complexity index is 1060. The summed E-state index contributed by atoms with van der Waals surface area (Å²) in [6.45, 7) is 0.735. The van der Waals surface area contributed by atoms with Gasteiger partial charge in [-0.3, -0.25) is 10.2 Å². The number of aromatic hydroxyl groups is 1. The Morgan fingerprint density at radius 1 is 1.03 bits per heavy atom. The first kappa shape index (κ1) is 21.8. The van der Waals surface area contributed by atoms with Crippen LogP contribution in [0.15, 0.2) is 54.6 Å². The topological polar surface area (TPSA) is 110 Å². The third kappa shape index (κ3) is 5.45. The average molecular weight is 450 g/mol. The molecule has 0 saturated heterocycles. The maximum atomic E-state index is 12.4. The highest BCUT2D eigenvalue weighted by molar-refractivity contribution is 7.11. The second-order valence-corrected chi connectivity index (χ2v) is 8.77. The van der Waals surface area contributed by atoms with Crippen molar-refractivity contribution in [2.75, 3.05) is 17.2 Å². The molecule has 1 amide bonds. The van der Waals surface area contributed by atoms with Crippen LogP contribution in [0.2, 0.25) is 0 Å². The number of aromatic nitrogens is 1. The number of anilines is 3. The molecule has 32 heavy (non-hydrogen) atoms. The standard InChI is InChI=1S/C24H27N5O2S/c25-21(26-15-16-7-3-1-4-8-16)20-23(31)29-32-24(20)28-19-13-11-17(12-14-19)22(30)27-18-9-5-2-6-10-18/h2,5-6,9-14,16,28H,1,3-4,7-8,15H2,(H2,25,26)(H,27,30)(H,29,31). The van der Waals surface area contributed by atoms with Gasteiger partial charge in [0.2, 0.25) is 5.88 Å². The molecule has 1 heterocycles. The molecule has 8 heteroatoms. The van der Waals surface area contributed by atoms with Crippen LogP contribution in [-0.4, -0.2) is 27.8 Å². The molecule has 0 atom stereocenters. The molecule has 1 aromatic heterocycles. The highest BCUT2D eigenvalue weighted by Crippen LogP contribution is 2.32. The van der Waals surface area contributed by atoms with Crippen LogP contribution in [0.25, 0.3) is 0 Å². The van der Waals surface area contributed by atoms with E-state index in [9.17, 15) is 9.90 Å². The van der Waals surface area contributed by atoms with Gasteiger partial charge in [0.15, 0.2) is 0 Å². The predicted molar refractivity (Wildman–Crippen MR) is 129 cm³/mol. The monoisotopic (exact) mass is 449 g/mol. The lowest BCUT2D eigenvalue weighted by molar-refractivity contribution is 0.102. The number of para-hydroxylation sites is 1. The Hall–Kier alpha value is -3.39. The van der Waals surface area contributed by atoms with E-state index >= 15 is 0 Å². The molecule has 0 unspecified atom stereocenters. The lowest BCUT2D eigenvalue weighted by Crippen LogP contribution is -2.30. The number of benzene rings is 2. The molecular formula is C24H27N5O2S. The first-order valence-corrected chi connectivity index (χ1v) is 11.6. The van der Waals surface area contributed by atoms with Gasteiger partial charge in [0.05, 0.1) is 0 Å². The Kier molecular flexibility index (Phi) is 7.01. The zero-order valence-electron chi connectivity index (χ0n) is 17.7. The van der Waals surface area contributed by atoms with Crippen molar-refractivity contribution in [1.82, 2.24) is 9.69 Å². The number of hydrogen-bond donors (Lipinski definition) is 5. The molecular weight excluding hydrogens is 422 g/mol. The molecule has 0 spiro atoms. The molecule has 166 valence electrons. The van der Waals surface area contributed by atoms with Gasteiger partial charge in [0.25, 0.3) is 5.91 Å². The van der Waals surface area contributed by atoms with Gasteiger partial charge in [0, 0.05) is 23.5 Å². The third-order valence-corrected chi connectivity index (χ3v) is 6.41. The maximum Gasteiger partial charge on any atom is 0.255 e. The van der Waals surface area contributed by atoms with Gasteiger partial charge in [-0.15, -0.1) is 0 Å². The molecule has 7 nitrogen and oxygen atoms in total. The fourth-order valence-corrected chi connectivity index (χ4v) is 4.60. The van der Waals surface area contributed by atoms with Crippen molar-refractivity contribution in [3.8, 4) is 5.88 Å². The first-order chi connectivity index (χ1) is 15.6. The zero-order valence-corrected chi connectivity index (χ0v) is 18.5. The van der Waals surface area contributed by atoms with Crippen LogP contribution < -0.4 is 16.0 Å². The summed E-state index contributed by atoms with van der Waals surface area (Å²) in [6, 6.07) is 16.3. The van der Waals surface area contributed by atoms with Crippen molar-refractivity contribution < 1.29 is 9.90 Å². The molecule has 5 N–H and O–H groups in total. The minimum absolute atomic E-state index is 0.155. The predicted octanol–water partition coefficient (Wildman–Crippen LogP) is 5.34. The highest BCUT2D eigenvalue weighted by atomic mass is 32.1. The highest BCUT2D eigenvalue weighted by Gasteiger charge is 2.20. The van der Waals surface area contributed by atoms with Crippen LogP contribution in [0.1, 0.15) is 48.0 Å². The second kappa shape index (κ2) is 10.3. The number of rotatable bonds is 7. The number of nitrogens with one attached hydrogen (secondary N) is 4. The largest absolute Gasteiger partial charge is 0.492 e. The molecule has 0 bridgehead atoms. The number of hydrogen-bond acceptors (Lipinski definition) is 6. The Balaban J connectivity index is 1.38. The van der Waals surface area contributed by atoms with Crippen LogP contribution in [-0.2, 0) is 0 Å². The Labute approximate surface area is 191 Å². The van der Waals surface area contributed by atoms with Crippen molar-refractivity contribution in [2.45, 2.75) is 32.1 Å². The van der Waals surface area contributed by atoms with Gasteiger partial charge in [0.1, 0.15) is 16.4 Å². The summed E-state index contributed by atoms with van der Waals surface area (Å²) in [5.41, 5.74) is 2.39. The van der Waals surface area contributed by atoms with Crippen LogP contribution in [0.4, 0.5) is 16.4 Å². The van der Waals surface area contributed by atoms with E-state index in [1.54, 1.807) is 24.3 Å². The summed E-state index contributed by atoms with van der Waals surface area (Å²) < 4.78 is 4.01. The van der Waals surface area contributed by atoms with Crippen LogP contribution in [0, 0.1) is 11.3 Å². The number of amides is 1. The normalized spacial score (nSPS) is 14.0. The van der Waals surface area contributed by atoms with E-state index in [0.717, 1.165) is 29.5 Å². The van der Waals surface area contributed by atoms with Crippen molar-refractivity contribution in [1.29, 1.82) is 5.41 Å². The van der Waals surface area contributed by atoms with Crippen LogP contribution in [0.5, 0.6) is 5.88 Å². The lowest BCUT2D eigenvalue weighted by Gasteiger charge is -2.22. The molecule has 4 rings (SSSR count). The van der Waals surface area contributed by atoms with Gasteiger partial charge in [-0.1, -0.05) is 37.5 Å². The lowest BCUT2D eigenvalue weighted by atomic mass is 9.89. The third-order valence-electron chi connectivity index (χ3n) is 5.65. The fraction of sp³-hybridized carbons (Fsp3) is 0.292. The summed E-state index contributed by atoms with van der Waals surface area (Å²) in [7, 11) is 0. The summed E-state index contributed by atoms with van der Waals surface area (Å²) in [6.07, 6.45) is 6.16. The minimum atomic E-state index is -0.187. The average Bonchev–Trinajstić information content (AvgIpc) is 3.19. The summed E-state index contributed by atoms with van der Waals surface area (Å²) in [5.74, 6) is 0.400. The van der Waals surface area contributed by atoms with Crippen molar-refractivity contribution >= 4 is 39.7 Å². The van der Waals surface area contributed by atoms with Gasteiger partial charge in [-0.25, -0.2) is 0 Å². The Morgan fingerprint density at radius 2 is 1.75 bits per heavy atom.